The molecule has 1 unspecified atom stereocenters. The molecule has 126 valence electrons. The van der Waals surface area contributed by atoms with Crippen LogP contribution in [0.3, 0.4) is 0 Å². The number of piperidine rings is 1. The van der Waals surface area contributed by atoms with Gasteiger partial charge >= 0.3 is 0 Å². The van der Waals surface area contributed by atoms with Crippen LogP contribution in [0.4, 0.5) is 0 Å². The quantitative estimate of drug-likeness (QED) is 0.575. The fourth-order valence-corrected chi connectivity index (χ4v) is 3.39. The lowest BCUT2D eigenvalue weighted by atomic mass is 9.84. The lowest BCUT2D eigenvalue weighted by molar-refractivity contribution is -0.0144. The van der Waals surface area contributed by atoms with Gasteiger partial charge in [-0.2, -0.15) is 0 Å². The van der Waals surface area contributed by atoms with E-state index in [1.165, 1.54) is 25.8 Å². The van der Waals surface area contributed by atoms with Gasteiger partial charge in [-0.3, -0.25) is 0 Å². The van der Waals surface area contributed by atoms with Gasteiger partial charge < -0.3 is 20.1 Å². The molecular weight excluding hydrogens is 264 g/mol. The SMILES string of the molecule is CCCNCC(C)(CCC)CN1CCC(OCCO)CC1. The molecule has 0 radical (unpaired) electrons. The maximum Gasteiger partial charge on any atom is 0.0701 e. The highest BCUT2D eigenvalue weighted by Crippen LogP contribution is 2.26. The summed E-state index contributed by atoms with van der Waals surface area (Å²) < 4.78 is 5.65. The summed E-state index contributed by atoms with van der Waals surface area (Å²) in [7, 11) is 0. The van der Waals surface area contributed by atoms with Crippen molar-refractivity contribution >= 4 is 0 Å². The zero-order valence-electron chi connectivity index (χ0n) is 14.4. The Balaban J connectivity index is 2.35. The molecule has 1 heterocycles. The zero-order valence-corrected chi connectivity index (χ0v) is 14.4. The van der Waals surface area contributed by atoms with E-state index in [4.69, 9.17) is 9.84 Å². The van der Waals surface area contributed by atoms with Gasteiger partial charge in [-0.1, -0.05) is 27.2 Å². The monoisotopic (exact) mass is 300 g/mol. The second-order valence-corrected chi connectivity index (χ2v) is 6.81. The van der Waals surface area contributed by atoms with Gasteiger partial charge in [0.05, 0.1) is 19.3 Å². The fourth-order valence-electron chi connectivity index (χ4n) is 3.39. The van der Waals surface area contributed by atoms with Crippen LogP contribution in [0.1, 0.15) is 52.9 Å². The van der Waals surface area contributed by atoms with Gasteiger partial charge in [0.1, 0.15) is 0 Å². The molecule has 1 aliphatic heterocycles. The molecule has 1 atom stereocenters. The standard InChI is InChI=1S/C17H36N2O2/c1-4-8-17(3,14-18-9-5-2)15-19-10-6-16(7-11-19)21-13-12-20/h16,18,20H,4-15H2,1-3H3. The van der Waals surface area contributed by atoms with Crippen molar-refractivity contribution in [2.24, 2.45) is 5.41 Å². The van der Waals surface area contributed by atoms with Gasteiger partial charge in [-0.05, 0) is 37.6 Å². The Morgan fingerprint density at radius 2 is 1.95 bits per heavy atom. The van der Waals surface area contributed by atoms with Crippen LogP contribution in [0.25, 0.3) is 0 Å². The first-order valence-electron chi connectivity index (χ1n) is 8.79. The molecule has 1 aliphatic rings. The van der Waals surface area contributed by atoms with E-state index < -0.39 is 0 Å². The first kappa shape index (κ1) is 18.9. The molecule has 0 amide bonds. The van der Waals surface area contributed by atoms with Crippen LogP contribution in [0, 0.1) is 5.41 Å². The summed E-state index contributed by atoms with van der Waals surface area (Å²) in [6.45, 7) is 13.2. The molecule has 2 N–H and O–H groups in total. The highest BCUT2D eigenvalue weighted by Gasteiger charge is 2.28. The van der Waals surface area contributed by atoms with Crippen LogP contribution in [-0.2, 0) is 4.74 Å². The van der Waals surface area contributed by atoms with Crippen LogP contribution in [-0.4, -0.2) is 62.0 Å². The summed E-state index contributed by atoms with van der Waals surface area (Å²) in [4.78, 5) is 2.60. The molecule has 0 aromatic rings. The van der Waals surface area contributed by atoms with Crippen molar-refractivity contribution in [2.75, 3.05) is 45.9 Å². The minimum absolute atomic E-state index is 0.137. The molecule has 1 saturated heterocycles. The van der Waals surface area contributed by atoms with Crippen LogP contribution in [0.2, 0.25) is 0 Å². The molecule has 4 heteroatoms. The van der Waals surface area contributed by atoms with Crippen LogP contribution >= 0.6 is 0 Å². The van der Waals surface area contributed by atoms with Crippen LogP contribution in [0.5, 0.6) is 0 Å². The maximum atomic E-state index is 8.82. The number of hydrogen-bond acceptors (Lipinski definition) is 4. The third-order valence-electron chi connectivity index (χ3n) is 4.42. The molecule has 0 saturated carbocycles. The number of nitrogens with zero attached hydrogens (tertiary/aromatic N) is 1. The van der Waals surface area contributed by atoms with E-state index in [1.54, 1.807) is 0 Å². The topological polar surface area (TPSA) is 44.7 Å². The number of aliphatic hydroxyl groups excluding tert-OH is 1. The van der Waals surface area contributed by atoms with Crippen molar-refractivity contribution in [3.05, 3.63) is 0 Å². The first-order chi connectivity index (χ1) is 10.1. The minimum atomic E-state index is 0.137. The molecule has 1 rings (SSSR count). The van der Waals surface area contributed by atoms with Gasteiger partial charge in [-0.15, -0.1) is 0 Å². The van der Waals surface area contributed by atoms with E-state index in [0.717, 1.165) is 39.0 Å². The average molecular weight is 300 g/mol. The molecule has 4 nitrogen and oxygen atoms in total. The summed E-state index contributed by atoms with van der Waals surface area (Å²) in [5.74, 6) is 0. The van der Waals surface area contributed by atoms with E-state index >= 15 is 0 Å². The smallest absolute Gasteiger partial charge is 0.0701 e. The second kappa shape index (κ2) is 10.5. The second-order valence-electron chi connectivity index (χ2n) is 6.81. The highest BCUT2D eigenvalue weighted by molar-refractivity contribution is 4.83. The summed E-state index contributed by atoms with van der Waals surface area (Å²) >= 11 is 0. The normalized spacial score (nSPS) is 20.6. The number of aliphatic hydroxyl groups is 1. The zero-order chi connectivity index (χ0) is 15.6. The van der Waals surface area contributed by atoms with Gasteiger partial charge in [-0.25, -0.2) is 0 Å². The van der Waals surface area contributed by atoms with Crippen molar-refractivity contribution < 1.29 is 9.84 Å². The number of rotatable bonds is 11. The van der Waals surface area contributed by atoms with Crippen LogP contribution in [0.15, 0.2) is 0 Å². The summed E-state index contributed by atoms with van der Waals surface area (Å²) in [6.07, 6.45) is 6.29. The van der Waals surface area contributed by atoms with Crippen molar-refractivity contribution in [1.82, 2.24) is 10.2 Å². The fraction of sp³-hybridized carbons (Fsp3) is 1.00. The van der Waals surface area contributed by atoms with E-state index in [-0.39, 0.29) is 6.61 Å². The molecule has 0 aliphatic carbocycles. The Bertz CT molecular complexity index is 255. The average Bonchev–Trinajstić information content (AvgIpc) is 2.47. The lowest BCUT2D eigenvalue weighted by Gasteiger charge is -2.39. The number of likely N-dealkylation sites (tertiary alicyclic amines) is 1. The maximum absolute atomic E-state index is 8.82. The first-order valence-corrected chi connectivity index (χ1v) is 8.79. The highest BCUT2D eigenvalue weighted by atomic mass is 16.5. The summed E-state index contributed by atoms with van der Waals surface area (Å²) in [5.41, 5.74) is 0.378. The van der Waals surface area contributed by atoms with Crippen molar-refractivity contribution in [2.45, 2.75) is 59.0 Å². The van der Waals surface area contributed by atoms with Gasteiger partial charge in [0.25, 0.3) is 0 Å². The van der Waals surface area contributed by atoms with E-state index in [0.29, 0.717) is 18.1 Å². The molecule has 0 bridgehead atoms. The van der Waals surface area contributed by atoms with Gasteiger partial charge in [0.15, 0.2) is 0 Å². The molecule has 1 fully saturated rings. The molecule has 0 aromatic carbocycles. The number of nitrogens with one attached hydrogen (secondary N) is 1. The van der Waals surface area contributed by atoms with Crippen molar-refractivity contribution in [1.29, 1.82) is 0 Å². The van der Waals surface area contributed by atoms with Crippen LogP contribution < -0.4 is 5.32 Å². The van der Waals surface area contributed by atoms with E-state index in [1.807, 2.05) is 0 Å². The molecule has 0 aromatic heterocycles. The lowest BCUT2D eigenvalue weighted by Crippen LogP contribution is -2.46. The molecular formula is C17H36N2O2. The summed E-state index contributed by atoms with van der Waals surface area (Å²) in [6, 6.07) is 0. The third-order valence-corrected chi connectivity index (χ3v) is 4.42. The predicted octanol–water partition coefficient (Wildman–Crippen LogP) is 2.27. The van der Waals surface area contributed by atoms with Crippen molar-refractivity contribution in [3.8, 4) is 0 Å². The minimum Gasteiger partial charge on any atom is -0.394 e. The number of hydrogen-bond donors (Lipinski definition) is 2. The molecule has 0 spiro atoms. The molecule has 21 heavy (non-hydrogen) atoms. The Kier molecular flexibility index (Phi) is 9.49. The summed E-state index contributed by atoms with van der Waals surface area (Å²) in [5, 5.41) is 12.4. The Labute approximate surface area is 131 Å². The van der Waals surface area contributed by atoms with Gasteiger partial charge in [0.2, 0.25) is 0 Å². The van der Waals surface area contributed by atoms with E-state index in [9.17, 15) is 0 Å². The largest absolute Gasteiger partial charge is 0.394 e. The third kappa shape index (κ3) is 7.59. The van der Waals surface area contributed by atoms with Crippen molar-refractivity contribution in [3.63, 3.8) is 0 Å². The Hall–Kier alpha value is -0.160. The Morgan fingerprint density at radius 3 is 2.52 bits per heavy atom. The predicted molar refractivity (Wildman–Crippen MR) is 88.7 cm³/mol. The van der Waals surface area contributed by atoms with Gasteiger partial charge in [0, 0.05) is 26.2 Å². The number of ether oxygens (including phenoxy) is 1. The Morgan fingerprint density at radius 1 is 1.24 bits per heavy atom. The van der Waals surface area contributed by atoms with E-state index in [2.05, 4.69) is 31.0 Å².